The maximum Gasteiger partial charge on any atom is 0.248 e. The Balaban J connectivity index is 2.34. The largest absolute Gasteiger partial charge is 0.375 e. The number of nitrogens with zero attached hydrogens (tertiary/aromatic N) is 1. The van der Waals surface area contributed by atoms with Gasteiger partial charge >= 0.3 is 0 Å². The molecule has 86 valence electrons. The molecule has 1 heterocycles. The molecular weight excluding hydrogens is 194 g/mol. The van der Waals surface area contributed by atoms with Gasteiger partial charge in [0.25, 0.3) is 0 Å². The van der Waals surface area contributed by atoms with Gasteiger partial charge in [-0.05, 0) is 12.8 Å². The number of hydrogen-bond donors (Lipinski definition) is 0. The summed E-state index contributed by atoms with van der Waals surface area (Å²) in [6, 6.07) is 0. The van der Waals surface area contributed by atoms with Gasteiger partial charge in [0.2, 0.25) is 5.91 Å². The minimum Gasteiger partial charge on any atom is -0.375 e. The molecule has 0 radical (unpaired) electrons. The van der Waals surface area contributed by atoms with Crippen LogP contribution in [0.2, 0.25) is 0 Å². The zero-order chi connectivity index (χ0) is 11.1. The molecule has 1 amide bonds. The van der Waals surface area contributed by atoms with E-state index in [1.165, 1.54) is 7.11 Å². The van der Waals surface area contributed by atoms with Crippen molar-refractivity contribution >= 4 is 5.91 Å². The lowest BCUT2D eigenvalue weighted by Crippen LogP contribution is -2.44. The summed E-state index contributed by atoms with van der Waals surface area (Å²) >= 11 is 0. The van der Waals surface area contributed by atoms with Crippen LogP contribution in [-0.2, 0) is 14.3 Å². The van der Waals surface area contributed by atoms with Crippen molar-refractivity contribution in [2.24, 2.45) is 0 Å². The monoisotopic (exact) mass is 213 g/mol. The van der Waals surface area contributed by atoms with Crippen LogP contribution in [0.25, 0.3) is 0 Å². The molecule has 0 aromatic rings. The highest BCUT2D eigenvalue weighted by Gasteiger charge is 2.23. The molecule has 1 fully saturated rings. The molecule has 0 spiro atoms. The van der Waals surface area contributed by atoms with Gasteiger partial charge in [-0.25, -0.2) is 0 Å². The lowest BCUT2D eigenvalue weighted by Gasteiger charge is -2.32. The van der Waals surface area contributed by atoms with Gasteiger partial charge in [0, 0.05) is 20.2 Å². The van der Waals surface area contributed by atoms with Gasteiger partial charge in [-0.3, -0.25) is 4.79 Å². The SMILES string of the molecule is C=CCOC1CCCN(C(=O)COC)C1. The van der Waals surface area contributed by atoms with Gasteiger partial charge in [0.05, 0.1) is 12.7 Å². The zero-order valence-electron chi connectivity index (χ0n) is 9.28. The Morgan fingerprint density at radius 1 is 1.67 bits per heavy atom. The second kappa shape index (κ2) is 6.58. The number of methoxy groups -OCH3 is 1. The standard InChI is InChI=1S/C11H19NO3/c1-3-7-15-10-5-4-6-12(8-10)11(13)9-14-2/h3,10H,1,4-9H2,2H3. The third-order valence-electron chi connectivity index (χ3n) is 2.45. The fourth-order valence-corrected chi connectivity index (χ4v) is 1.72. The highest BCUT2D eigenvalue weighted by atomic mass is 16.5. The van der Waals surface area contributed by atoms with Gasteiger partial charge in [0.15, 0.2) is 0 Å². The van der Waals surface area contributed by atoms with E-state index in [-0.39, 0.29) is 18.6 Å². The van der Waals surface area contributed by atoms with Crippen LogP contribution in [0.4, 0.5) is 0 Å². The lowest BCUT2D eigenvalue weighted by molar-refractivity contribution is -0.139. The molecule has 15 heavy (non-hydrogen) atoms. The number of amides is 1. The van der Waals surface area contributed by atoms with Gasteiger partial charge in [-0.15, -0.1) is 6.58 Å². The summed E-state index contributed by atoms with van der Waals surface area (Å²) in [6.07, 6.45) is 3.90. The lowest BCUT2D eigenvalue weighted by atomic mass is 10.1. The highest BCUT2D eigenvalue weighted by Crippen LogP contribution is 2.13. The zero-order valence-corrected chi connectivity index (χ0v) is 9.28. The second-order valence-electron chi connectivity index (χ2n) is 3.66. The van der Waals surface area contributed by atoms with Crippen molar-refractivity contribution in [1.82, 2.24) is 4.90 Å². The smallest absolute Gasteiger partial charge is 0.248 e. The number of rotatable bonds is 5. The van der Waals surface area contributed by atoms with Crippen LogP contribution in [0.5, 0.6) is 0 Å². The quantitative estimate of drug-likeness (QED) is 0.635. The second-order valence-corrected chi connectivity index (χ2v) is 3.66. The Morgan fingerprint density at radius 3 is 3.13 bits per heavy atom. The number of likely N-dealkylation sites (tertiary alicyclic amines) is 1. The van der Waals surface area contributed by atoms with E-state index in [2.05, 4.69) is 6.58 Å². The van der Waals surface area contributed by atoms with Crippen LogP contribution < -0.4 is 0 Å². The van der Waals surface area contributed by atoms with Gasteiger partial charge < -0.3 is 14.4 Å². The summed E-state index contributed by atoms with van der Waals surface area (Å²) < 4.78 is 10.4. The summed E-state index contributed by atoms with van der Waals surface area (Å²) in [5.74, 6) is 0.0457. The molecule has 1 unspecified atom stereocenters. The molecule has 4 heteroatoms. The maximum atomic E-state index is 11.5. The van der Waals surface area contributed by atoms with Crippen molar-refractivity contribution in [2.75, 3.05) is 33.4 Å². The molecule has 1 rings (SSSR count). The summed E-state index contributed by atoms with van der Waals surface area (Å²) in [5, 5.41) is 0. The Hall–Kier alpha value is -0.870. The van der Waals surface area contributed by atoms with Crippen molar-refractivity contribution in [3.8, 4) is 0 Å². The molecule has 0 aromatic heterocycles. The van der Waals surface area contributed by atoms with Crippen molar-refractivity contribution in [3.05, 3.63) is 12.7 Å². The molecule has 1 saturated heterocycles. The fraction of sp³-hybridized carbons (Fsp3) is 0.727. The summed E-state index contributed by atoms with van der Waals surface area (Å²) in [5.41, 5.74) is 0. The van der Waals surface area contributed by atoms with Gasteiger partial charge in [-0.2, -0.15) is 0 Å². The van der Waals surface area contributed by atoms with E-state index in [0.717, 1.165) is 19.4 Å². The fourth-order valence-electron chi connectivity index (χ4n) is 1.72. The topological polar surface area (TPSA) is 38.8 Å². The Labute approximate surface area is 90.8 Å². The minimum absolute atomic E-state index is 0.0457. The number of carbonyl (C=O) groups is 1. The van der Waals surface area contributed by atoms with Gasteiger partial charge in [0.1, 0.15) is 6.61 Å². The van der Waals surface area contributed by atoms with Crippen molar-refractivity contribution in [1.29, 1.82) is 0 Å². The predicted octanol–water partition coefficient (Wildman–Crippen LogP) is 0.826. The van der Waals surface area contributed by atoms with E-state index in [1.54, 1.807) is 11.0 Å². The normalized spacial score (nSPS) is 21.4. The molecule has 4 nitrogen and oxygen atoms in total. The molecule has 0 aromatic carbocycles. The van der Waals surface area contributed by atoms with E-state index in [0.29, 0.717) is 13.2 Å². The predicted molar refractivity (Wildman–Crippen MR) is 57.6 cm³/mol. The third-order valence-corrected chi connectivity index (χ3v) is 2.45. The molecular formula is C11H19NO3. The van der Waals surface area contributed by atoms with Crippen molar-refractivity contribution in [2.45, 2.75) is 18.9 Å². The van der Waals surface area contributed by atoms with E-state index in [1.807, 2.05) is 0 Å². The third kappa shape index (κ3) is 4.01. The maximum absolute atomic E-state index is 11.5. The molecule has 0 N–H and O–H groups in total. The molecule has 0 aliphatic carbocycles. The minimum atomic E-state index is 0.0457. The van der Waals surface area contributed by atoms with E-state index in [4.69, 9.17) is 9.47 Å². The van der Waals surface area contributed by atoms with Crippen molar-refractivity contribution in [3.63, 3.8) is 0 Å². The molecule has 1 aliphatic rings. The molecule has 1 atom stereocenters. The van der Waals surface area contributed by atoms with E-state index in [9.17, 15) is 4.79 Å². The Bertz CT molecular complexity index is 218. The molecule has 0 saturated carbocycles. The van der Waals surface area contributed by atoms with Gasteiger partial charge in [-0.1, -0.05) is 6.08 Å². The molecule has 1 aliphatic heterocycles. The Kier molecular flexibility index (Phi) is 5.36. The highest BCUT2D eigenvalue weighted by molar-refractivity contribution is 5.77. The average molecular weight is 213 g/mol. The first kappa shape index (κ1) is 12.2. The summed E-state index contributed by atoms with van der Waals surface area (Å²) in [4.78, 5) is 13.3. The van der Waals surface area contributed by atoms with E-state index >= 15 is 0 Å². The van der Waals surface area contributed by atoms with Crippen LogP contribution in [-0.4, -0.2) is 50.3 Å². The van der Waals surface area contributed by atoms with Crippen molar-refractivity contribution < 1.29 is 14.3 Å². The number of carbonyl (C=O) groups excluding carboxylic acids is 1. The average Bonchev–Trinajstić information content (AvgIpc) is 2.27. The van der Waals surface area contributed by atoms with Crippen LogP contribution in [0.1, 0.15) is 12.8 Å². The Morgan fingerprint density at radius 2 is 2.47 bits per heavy atom. The number of ether oxygens (including phenoxy) is 2. The molecule has 0 bridgehead atoms. The number of piperidine rings is 1. The van der Waals surface area contributed by atoms with Crippen LogP contribution >= 0.6 is 0 Å². The first-order valence-corrected chi connectivity index (χ1v) is 5.27. The van der Waals surface area contributed by atoms with Crippen LogP contribution in [0, 0.1) is 0 Å². The first-order chi connectivity index (χ1) is 7.27. The number of hydrogen-bond acceptors (Lipinski definition) is 3. The van der Waals surface area contributed by atoms with E-state index < -0.39 is 0 Å². The van der Waals surface area contributed by atoms with Crippen LogP contribution in [0.3, 0.4) is 0 Å². The first-order valence-electron chi connectivity index (χ1n) is 5.27. The van der Waals surface area contributed by atoms with Crippen LogP contribution in [0.15, 0.2) is 12.7 Å². The summed E-state index contributed by atoms with van der Waals surface area (Å²) in [6.45, 7) is 5.81. The summed E-state index contributed by atoms with van der Waals surface area (Å²) in [7, 11) is 1.54.